The molecule has 2 aromatic carbocycles. The minimum Gasteiger partial charge on any atom is -0.495 e. The maximum absolute atomic E-state index is 12.6. The van der Waals surface area contributed by atoms with E-state index in [4.69, 9.17) is 4.74 Å². The number of benzene rings is 2. The first-order chi connectivity index (χ1) is 12.1. The summed E-state index contributed by atoms with van der Waals surface area (Å²) in [5, 5.41) is 0. The lowest BCUT2D eigenvalue weighted by atomic mass is 10.2. The number of hydrogen-bond donors (Lipinski definition) is 0. The van der Waals surface area contributed by atoms with Crippen LogP contribution in [0.15, 0.2) is 54.6 Å². The molecule has 132 valence electrons. The molecule has 0 spiro atoms. The molecule has 0 saturated heterocycles. The molecule has 0 bridgehead atoms. The third-order valence-electron chi connectivity index (χ3n) is 3.99. The van der Waals surface area contributed by atoms with Crippen LogP contribution < -0.4 is 14.5 Å². The van der Waals surface area contributed by atoms with Gasteiger partial charge in [-0.3, -0.25) is 9.59 Å². The van der Waals surface area contributed by atoms with Gasteiger partial charge in [0.05, 0.1) is 12.8 Å². The van der Waals surface area contributed by atoms with Crippen LogP contribution in [0.1, 0.15) is 20.3 Å². The highest BCUT2D eigenvalue weighted by atomic mass is 16.5. The van der Waals surface area contributed by atoms with E-state index in [1.54, 1.807) is 23.0 Å². The zero-order valence-corrected chi connectivity index (χ0v) is 14.9. The summed E-state index contributed by atoms with van der Waals surface area (Å²) in [7, 11) is 1.57. The number of carbonyl (C=O) groups excluding carboxylic acids is 2. The predicted molar refractivity (Wildman–Crippen MR) is 100 cm³/mol. The zero-order chi connectivity index (χ0) is 18.2. The van der Waals surface area contributed by atoms with Gasteiger partial charge in [-0.15, -0.1) is 0 Å². The Morgan fingerprint density at radius 1 is 0.960 bits per heavy atom. The fraction of sp³-hybridized carbons (Fsp3) is 0.300. The molecule has 25 heavy (non-hydrogen) atoms. The van der Waals surface area contributed by atoms with Gasteiger partial charge in [0.2, 0.25) is 11.8 Å². The van der Waals surface area contributed by atoms with Gasteiger partial charge < -0.3 is 14.5 Å². The van der Waals surface area contributed by atoms with E-state index in [1.165, 1.54) is 6.92 Å². The van der Waals surface area contributed by atoms with E-state index in [9.17, 15) is 9.59 Å². The second-order valence-electron chi connectivity index (χ2n) is 5.57. The third-order valence-corrected chi connectivity index (χ3v) is 3.99. The van der Waals surface area contributed by atoms with Gasteiger partial charge in [0.25, 0.3) is 0 Å². The van der Waals surface area contributed by atoms with Crippen molar-refractivity contribution >= 4 is 23.2 Å². The Balaban J connectivity index is 2.13. The van der Waals surface area contributed by atoms with E-state index >= 15 is 0 Å². The number of para-hydroxylation sites is 3. The first-order valence-electron chi connectivity index (χ1n) is 8.35. The van der Waals surface area contributed by atoms with E-state index in [0.717, 1.165) is 5.69 Å². The van der Waals surface area contributed by atoms with E-state index in [2.05, 4.69) is 0 Å². The highest BCUT2D eigenvalue weighted by Gasteiger charge is 2.19. The molecule has 0 N–H and O–H groups in total. The van der Waals surface area contributed by atoms with Crippen molar-refractivity contribution in [1.82, 2.24) is 0 Å². The number of carbonyl (C=O) groups is 2. The van der Waals surface area contributed by atoms with Crippen LogP contribution in [0, 0.1) is 0 Å². The van der Waals surface area contributed by atoms with Crippen molar-refractivity contribution in [1.29, 1.82) is 0 Å². The SMILES string of the molecule is CCN(C(=O)CCN(C(C)=O)c1ccccc1OC)c1ccccc1. The molecule has 0 radical (unpaired) electrons. The minimum absolute atomic E-state index is 0.0187. The van der Waals surface area contributed by atoms with Crippen LogP contribution in [-0.4, -0.2) is 32.0 Å². The summed E-state index contributed by atoms with van der Waals surface area (Å²) < 4.78 is 5.33. The van der Waals surface area contributed by atoms with Crippen LogP contribution in [0.4, 0.5) is 11.4 Å². The number of ether oxygens (including phenoxy) is 1. The monoisotopic (exact) mass is 340 g/mol. The third kappa shape index (κ3) is 4.59. The second-order valence-corrected chi connectivity index (χ2v) is 5.57. The van der Waals surface area contributed by atoms with Crippen LogP contribution in [0.5, 0.6) is 5.75 Å². The number of methoxy groups -OCH3 is 1. The number of rotatable bonds is 7. The number of anilines is 2. The molecule has 0 saturated carbocycles. The first kappa shape index (κ1) is 18.5. The lowest BCUT2D eigenvalue weighted by Gasteiger charge is -2.25. The first-order valence-corrected chi connectivity index (χ1v) is 8.35. The average Bonchev–Trinajstić information content (AvgIpc) is 2.63. The van der Waals surface area contributed by atoms with Crippen molar-refractivity contribution < 1.29 is 14.3 Å². The van der Waals surface area contributed by atoms with Gasteiger partial charge in [0, 0.05) is 32.1 Å². The fourth-order valence-corrected chi connectivity index (χ4v) is 2.75. The largest absolute Gasteiger partial charge is 0.495 e. The van der Waals surface area contributed by atoms with Crippen molar-refractivity contribution in [2.24, 2.45) is 0 Å². The number of hydrogen-bond acceptors (Lipinski definition) is 3. The van der Waals surface area contributed by atoms with Gasteiger partial charge in [0.1, 0.15) is 5.75 Å². The van der Waals surface area contributed by atoms with E-state index in [1.807, 2.05) is 55.5 Å². The van der Waals surface area contributed by atoms with Crippen molar-refractivity contribution in [3.8, 4) is 5.75 Å². The maximum Gasteiger partial charge on any atom is 0.228 e. The number of nitrogens with zero attached hydrogens (tertiary/aromatic N) is 2. The Kier molecular flexibility index (Phi) is 6.57. The lowest BCUT2D eigenvalue weighted by Crippen LogP contribution is -2.36. The summed E-state index contributed by atoms with van der Waals surface area (Å²) in [5.74, 6) is 0.468. The van der Waals surface area contributed by atoms with Crippen molar-refractivity contribution in [3.05, 3.63) is 54.6 Å². The van der Waals surface area contributed by atoms with E-state index < -0.39 is 0 Å². The van der Waals surface area contributed by atoms with Gasteiger partial charge in [-0.1, -0.05) is 30.3 Å². The Morgan fingerprint density at radius 3 is 2.20 bits per heavy atom. The molecule has 0 fully saturated rings. The standard InChI is InChI=1S/C20H24N2O3/c1-4-21(17-10-6-5-7-11-17)20(24)14-15-22(16(2)23)18-12-8-9-13-19(18)25-3/h5-13H,4,14-15H2,1-3H3. The van der Waals surface area contributed by atoms with Gasteiger partial charge in [0.15, 0.2) is 0 Å². The molecule has 2 amide bonds. The smallest absolute Gasteiger partial charge is 0.228 e. The molecule has 0 atom stereocenters. The molecule has 0 aliphatic carbocycles. The minimum atomic E-state index is -0.125. The highest BCUT2D eigenvalue weighted by Crippen LogP contribution is 2.28. The molecule has 0 unspecified atom stereocenters. The summed E-state index contributed by atoms with van der Waals surface area (Å²) in [6.07, 6.45) is 0.236. The molecule has 0 heterocycles. The van der Waals surface area contributed by atoms with Gasteiger partial charge in [-0.25, -0.2) is 0 Å². The molecular formula is C20H24N2O3. The van der Waals surface area contributed by atoms with Crippen molar-refractivity contribution in [3.63, 3.8) is 0 Å². The summed E-state index contributed by atoms with van der Waals surface area (Å²) in [4.78, 5) is 28.0. The Morgan fingerprint density at radius 2 is 1.60 bits per heavy atom. The number of amides is 2. The summed E-state index contributed by atoms with van der Waals surface area (Å²) >= 11 is 0. The quantitative estimate of drug-likeness (QED) is 0.775. The Labute approximate surface area is 148 Å². The summed E-state index contributed by atoms with van der Waals surface area (Å²) in [5.41, 5.74) is 1.54. The average molecular weight is 340 g/mol. The van der Waals surface area contributed by atoms with Crippen molar-refractivity contribution in [2.45, 2.75) is 20.3 Å². The Bertz CT molecular complexity index is 716. The highest BCUT2D eigenvalue weighted by molar-refractivity contribution is 5.96. The van der Waals surface area contributed by atoms with Crippen LogP contribution in [0.2, 0.25) is 0 Å². The maximum atomic E-state index is 12.6. The second kappa shape index (κ2) is 8.87. The fourth-order valence-electron chi connectivity index (χ4n) is 2.75. The normalized spacial score (nSPS) is 10.2. The molecule has 2 rings (SSSR count). The molecule has 2 aromatic rings. The van der Waals surface area contributed by atoms with Crippen LogP contribution in [-0.2, 0) is 9.59 Å². The van der Waals surface area contributed by atoms with Crippen LogP contribution in [0.25, 0.3) is 0 Å². The summed E-state index contributed by atoms with van der Waals surface area (Å²) in [6.45, 7) is 4.31. The molecule has 0 aliphatic rings. The molecule has 5 heteroatoms. The Hall–Kier alpha value is -2.82. The lowest BCUT2D eigenvalue weighted by molar-refractivity contribution is -0.118. The van der Waals surface area contributed by atoms with Gasteiger partial charge in [-0.2, -0.15) is 0 Å². The molecule has 0 aliphatic heterocycles. The van der Waals surface area contributed by atoms with E-state index in [0.29, 0.717) is 24.5 Å². The predicted octanol–water partition coefficient (Wildman–Crippen LogP) is 3.49. The van der Waals surface area contributed by atoms with Gasteiger partial charge >= 0.3 is 0 Å². The topological polar surface area (TPSA) is 49.9 Å². The molecular weight excluding hydrogens is 316 g/mol. The zero-order valence-electron chi connectivity index (χ0n) is 14.9. The van der Waals surface area contributed by atoms with Crippen LogP contribution >= 0.6 is 0 Å². The molecule has 0 aromatic heterocycles. The van der Waals surface area contributed by atoms with Crippen LogP contribution in [0.3, 0.4) is 0 Å². The summed E-state index contributed by atoms with van der Waals surface area (Å²) in [6, 6.07) is 16.9. The van der Waals surface area contributed by atoms with Gasteiger partial charge in [-0.05, 0) is 31.2 Å². The van der Waals surface area contributed by atoms with Crippen molar-refractivity contribution in [2.75, 3.05) is 30.0 Å². The van der Waals surface area contributed by atoms with E-state index in [-0.39, 0.29) is 18.2 Å². The molecule has 5 nitrogen and oxygen atoms in total.